The largest absolute Gasteiger partial charge is 0.462 e. The molecule has 0 fully saturated rings. The molecule has 6 nitrogen and oxygen atoms in total. The molecule has 0 heterocycles. The zero-order chi connectivity index (χ0) is 52.2. The third-order valence-electron chi connectivity index (χ3n) is 12.8. The van der Waals surface area contributed by atoms with Crippen LogP contribution in [0.2, 0.25) is 0 Å². The highest BCUT2D eigenvalue weighted by Crippen LogP contribution is 2.16. The van der Waals surface area contributed by atoms with Gasteiger partial charge in [0, 0.05) is 19.3 Å². The maximum atomic E-state index is 12.8. The Hall–Kier alpha value is -3.67. The van der Waals surface area contributed by atoms with Gasteiger partial charge in [-0.05, 0) is 96.3 Å². The summed E-state index contributed by atoms with van der Waals surface area (Å²) in [4.78, 5) is 37.8. The van der Waals surface area contributed by atoms with Crippen LogP contribution in [0.25, 0.3) is 0 Å². The molecule has 412 valence electrons. The Kier molecular flexibility index (Phi) is 56.8. The summed E-state index contributed by atoms with van der Waals surface area (Å²) >= 11 is 0. The summed E-state index contributed by atoms with van der Waals surface area (Å²) in [6.07, 6.45) is 80.4. The first kappa shape index (κ1) is 68.3. The molecule has 6 heteroatoms. The summed E-state index contributed by atoms with van der Waals surface area (Å²) < 4.78 is 16.7. The molecule has 0 radical (unpaired) electrons. The van der Waals surface area contributed by atoms with Crippen molar-refractivity contribution in [3.8, 4) is 0 Å². The molecule has 0 aliphatic rings. The summed E-state index contributed by atoms with van der Waals surface area (Å²) in [7, 11) is 0. The van der Waals surface area contributed by atoms with Gasteiger partial charge in [-0.25, -0.2) is 0 Å². The second-order valence-corrected chi connectivity index (χ2v) is 19.9. The predicted molar refractivity (Wildman–Crippen MR) is 311 cm³/mol. The van der Waals surface area contributed by atoms with Crippen LogP contribution in [-0.4, -0.2) is 37.2 Å². The van der Waals surface area contributed by atoms with Crippen molar-refractivity contribution < 1.29 is 28.6 Å². The minimum atomic E-state index is -0.793. The van der Waals surface area contributed by atoms with Crippen LogP contribution in [0.4, 0.5) is 0 Å². The average Bonchev–Trinajstić information content (AvgIpc) is 3.38. The van der Waals surface area contributed by atoms with Crippen LogP contribution in [0, 0.1) is 0 Å². The van der Waals surface area contributed by atoms with Crippen molar-refractivity contribution in [2.24, 2.45) is 0 Å². The first-order valence-electron chi connectivity index (χ1n) is 30.2. The maximum Gasteiger partial charge on any atom is 0.306 e. The predicted octanol–water partition coefficient (Wildman–Crippen LogP) is 20.5. The Morgan fingerprint density at radius 2 is 0.542 bits per heavy atom. The van der Waals surface area contributed by atoms with Gasteiger partial charge in [0.25, 0.3) is 0 Å². The molecule has 0 saturated carbocycles. The number of allylic oxidation sites excluding steroid dienone is 16. The summed E-state index contributed by atoms with van der Waals surface area (Å²) in [5.41, 5.74) is 0. The summed E-state index contributed by atoms with van der Waals surface area (Å²) in [5.74, 6) is -0.938. The quantitative estimate of drug-likeness (QED) is 0.0261. The van der Waals surface area contributed by atoms with Crippen LogP contribution in [0.5, 0.6) is 0 Å². The molecule has 0 aromatic carbocycles. The number of unbranched alkanes of at least 4 members (excludes halogenated alkanes) is 27. The Morgan fingerprint density at radius 3 is 0.875 bits per heavy atom. The molecule has 0 aromatic rings. The molecular weight excluding hydrogens is 889 g/mol. The van der Waals surface area contributed by atoms with Gasteiger partial charge in [0.2, 0.25) is 0 Å². The number of carbonyl (C=O) groups is 3. The van der Waals surface area contributed by atoms with Crippen LogP contribution >= 0.6 is 0 Å². The van der Waals surface area contributed by atoms with E-state index in [1.165, 1.54) is 135 Å². The Labute approximate surface area is 445 Å². The van der Waals surface area contributed by atoms with E-state index in [0.29, 0.717) is 19.3 Å². The molecular formula is C66H112O6. The van der Waals surface area contributed by atoms with Crippen molar-refractivity contribution in [2.75, 3.05) is 13.2 Å². The van der Waals surface area contributed by atoms with Crippen molar-refractivity contribution >= 4 is 17.9 Å². The molecule has 1 unspecified atom stereocenters. The van der Waals surface area contributed by atoms with Crippen molar-refractivity contribution in [1.29, 1.82) is 0 Å². The number of esters is 3. The van der Waals surface area contributed by atoms with Gasteiger partial charge in [0.1, 0.15) is 13.2 Å². The van der Waals surface area contributed by atoms with Gasteiger partial charge in [-0.2, -0.15) is 0 Å². The molecule has 72 heavy (non-hydrogen) atoms. The van der Waals surface area contributed by atoms with Gasteiger partial charge in [-0.3, -0.25) is 14.4 Å². The molecule has 0 rings (SSSR count). The molecule has 0 aromatic heterocycles. The Bertz CT molecular complexity index is 1430. The van der Waals surface area contributed by atoms with Crippen LogP contribution in [0.3, 0.4) is 0 Å². The fraction of sp³-hybridized carbons (Fsp3) is 0.712. The molecule has 0 amide bonds. The van der Waals surface area contributed by atoms with E-state index in [1.54, 1.807) is 0 Å². The third-order valence-corrected chi connectivity index (χ3v) is 12.8. The summed E-state index contributed by atoms with van der Waals surface area (Å²) in [5, 5.41) is 0. The zero-order valence-corrected chi connectivity index (χ0v) is 47.2. The third kappa shape index (κ3) is 57.2. The second kappa shape index (κ2) is 59.9. The number of hydrogen-bond donors (Lipinski definition) is 0. The SMILES string of the molecule is CC/C=C\C/C=C\C/C=C\C/C=C\CCCCCCCCCCCCCCCCCCCCCCC(=O)OCC(COC(=O)CCCCCCCC)OC(=O)CCCC/C=C\C/C=C\C/C=C\C/C=C\CC. The number of carbonyl (C=O) groups excluding carboxylic acids is 3. The van der Waals surface area contributed by atoms with Crippen LogP contribution in [0.15, 0.2) is 97.2 Å². The zero-order valence-electron chi connectivity index (χ0n) is 47.2. The van der Waals surface area contributed by atoms with E-state index in [1.807, 2.05) is 0 Å². The van der Waals surface area contributed by atoms with Gasteiger partial charge in [0.05, 0.1) is 0 Å². The van der Waals surface area contributed by atoms with E-state index in [-0.39, 0.29) is 37.5 Å². The number of ether oxygens (including phenoxy) is 3. The highest BCUT2D eigenvalue weighted by molar-refractivity contribution is 5.71. The number of rotatable bonds is 54. The molecule has 0 N–H and O–H groups in total. The van der Waals surface area contributed by atoms with Crippen molar-refractivity contribution in [1.82, 2.24) is 0 Å². The van der Waals surface area contributed by atoms with Gasteiger partial charge in [-0.15, -0.1) is 0 Å². The van der Waals surface area contributed by atoms with Gasteiger partial charge >= 0.3 is 17.9 Å². The van der Waals surface area contributed by atoms with E-state index in [9.17, 15) is 14.4 Å². The smallest absolute Gasteiger partial charge is 0.306 e. The summed E-state index contributed by atoms with van der Waals surface area (Å²) in [6.45, 7) is 6.33. The molecule has 0 aliphatic carbocycles. The van der Waals surface area contributed by atoms with E-state index in [2.05, 4.69) is 118 Å². The topological polar surface area (TPSA) is 78.9 Å². The lowest BCUT2D eigenvalue weighted by molar-refractivity contribution is -0.167. The Balaban J connectivity index is 3.99. The van der Waals surface area contributed by atoms with Gasteiger partial charge in [0.15, 0.2) is 6.10 Å². The fourth-order valence-electron chi connectivity index (χ4n) is 8.37. The number of hydrogen-bond acceptors (Lipinski definition) is 6. The van der Waals surface area contributed by atoms with Crippen LogP contribution < -0.4 is 0 Å². The standard InChI is InChI=1S/C66H112O6/c1-4-7-10-13-16-18-20-22-24-25-26-27-28-29-30-31-32-33-34-35-36-37-38-39-40-41-43-44-46-48-50-53-56-59-65(68)71-62-63(61-70-64(67)58-55-52-15-12-9-6-3)72-66(69)60-57-54-51-49-47-45-42-23-21-19-17-14-11-8-5-2/h7-8,10-11,16-19,22-24,26-27,42,47,49,63H,4-6,9,12-15,20-21,25,28-41,43-46,48,50-62H2,1-3H3/b10-7-,11-8-,18-16-,19-17-,24-22-,27-26-,42-23-,49-47-. The highest BCUT2D eigenvalue weighted by Gasteiger charge is 2.19. The van der Waals surface area contributed by atoms with E-state index in [0.717, 1.165) is 103 Å². The van der Waals surface area contributed by atoms with E-state index >= 15 is 0 Å². The van der Waals surface area contributed by atoms with E-state index < -0.39 is 6.10 Å². The van der Waals surface area contributed by atoms with Crippen molar-refractivity contribution in [3.05, 3.63) is 97.2 Å². The minimum absolute atomic E-state index is 0.0911. The highest BCUT2D eigenvalue weighted by atomic mass is 16.6. The first-order chi connectivity index (χ1) is 35.5. The molecule has 0 aliphatic heterocycles. The normalized spacial score (nSPS) is 12.8. The van der Waals surface area contributed by atoms with Crippen LogP contribution in [0.1, 0.15) is 284 Å². The lowest BCUT2D eigenvalue weighted by Crippen LogP contribution is -2.30. The minimum Gasteiger partial charge on any atom is -0.462 e. The Morgan fingerprint density at radius 1 is 0.292 bits per heavy atom. The monoisotopic (exact) mass is 1000 g/mol. The fourth-order valence-corrected chi connectivity index (χ4v) is 8.37. The van der Waals surface area contributed by atoms with E-state index in [4.69, 9.17) is 14.2 Å². The lowest BCUT2D eigenvalue weighted by Gasteiger charge is -2.18. The molecule has 0 spiro atoms. The lowest BCUT2D eigenvalue weighted by atomic mass is 10.0. The molecule has 0 bridgehead atoms. The second-order valence-electron chi connectivity index (χ2n) is 19.9. The molecule has 0 saturated heterocycles. The molecule has 1 atom stereocenters. The summed E-state index contributed by atoms with van der Waals surface area (Å²) in [6, 6.07) is 0. The van der Waals surface area contributed by atoms with Crippen molar-refractivity contribution in [2.45, 2.75) is 290 Å². The van der Waals surface area contributed by atoms with Gasteiger partial charge in [-0.1, -0.05) is 266 Å². The van der Waals surface area contributed by atoms with Crippen molar-refractivity contribution in [3.63, 3.8) is 0 Å². The van der Waals surface area contributed by atoms with Gasteiger partial charge < -0.3 is 14.2 Å². The maximum absolute atomic E-state index is 12.8. The first-order valence-corrected chi connectivity index (χ1v) is 30.2. The average molecular weight is 1000 g/mol. The van der Waals surface area contributed by atoms with Crippen LogP contribution in [-0.2, 0) is 28.6 Å².